The highest BCUT2D eigenvalue weighted by Crippen LogP contribution is 2.24. The summed E-state index contributed by atoms with van der Waals surface area (Å²) in [5, 5.41) is 3.35. The first kappa shape index (κ1) is 14.7. The zero-order chi connectivity index (χ0) is 13.1. The molecule has 0 radical (unpaired) electrons. The molecule has 0 heterocycles. The Bertz CT molecular complexity index is 371. The number of hydrogen-bond donors (Lipinski definition) is 1. The summed E-state index contributed by atoms with van der Waals surface area (Å²) in [5.41, 5.74) is 1.41. The predicted molar refractivity (Wildman–Crippen MR) is 74.7 cm³/mol. The smallest absolute Gasteiger partial charge is 0.137 e. The minimum atomic E-state index is -0.199. The Morgan fingerprint density at radius 2 is 2.00 bits per heavy atom. The van der Waals surface area contributed by atoms with Crippen LogP contribution in [0, 0.1) is 11.2 Å². The van der Waals surface area contributed by atoms with Gasteiger partial charge in [0.1, 0.15) is 5.82 Å². The maximum Gasteiger partial charge on any atom is 0.137 e. The van der Waals surface area contributed by atoms with E-state index in [2.05, 4.69) is 42.0 Å². The Hall–Kier alpha value is -0.410. The first-order valence-corrected chi connectivity index (χ1v) is 6.75. The molecule has 1 aromatic carbocycles. The topological polar surface area (TPSA) is 12.0 Å². The molecule has 1 rings (SSSR count). The van der Waals surface area contributed by atoms with Crippen LogP contribution in [0.3, 0.4) is 0 Å². The molecule has 0 aromatic heterocycles. The van der Waals surface area contributed by atoms with Gasteiger partial charge in [-0.15, -0.1) is 0 Å². The second-order valence-corrected chi connectivity index (χ2v) is 6.35. The van der Waals surface area contributed by atoms with Crippen LogP contribution >= 0.6 is 15.9 Å². The minimum Gasteiger partial charge on any atom is -0.316 e. The number of rotatable bonds is 4. The highest BCUT2D eigenvalue weighted by Gasteiger charge is 2.22. The molecule has 0 fully saturated rings. The molecule has 0 saturated carbocycles. The third kappa shape index (κ3) is 4.40. The van der Waals surface area contributed by atoms with Crippen LogP contribution in [0.25, 0.3) is 0 Å². The lowest BCUT2D eigenvalue weighted by Crippen LogP contribution is -2.38. The van der Waals surface area contributed by atoms with Crippen molar-refractivity contribution < 1.29 is 4.39 Å². The lowest BCUT2D eigenvalue weighted by atomic mass is 9.83. The largest absolute Gasteiger partial charge is 0.316 e. The zero-order valence-electron chi connectivity index (χ0n) is 11.0. The second kappa shape index (κ2) is 5.96. The lowest BCUT2D eigenvalue weighted by molar-refractivity contribution is 0.268. The monoisotopic (exact) mass is 301 g/mol. The van der Waals surface area contributed by atoms with Gasteiger partial charge in [-0.2, -0.15) is 0 Å². The highest BCUT2D eigenvalue weighted by molar-refractivity contribution is 9.10. The van der Waals surface area contributed by atoms with Gasteiger partial charge in [0.2, 0.25) is 0 Å². The van der Waals surface area contributed by atoms with E-state index in [0.717, 1.165) is 12.8 Å². The number of nitrogens with one attached hydrogen (secondary N) is 1. The van der Waals surface area contributed by atoms with Crippen molar-refractivity contribution in [1.29, 1.82) is 0 Å². The summed E-state index contributed by atoms with van der Waals surface area (Å²) >= 11 is 3.22. The molecule has 0 aliphatic rings. The molecule has 1 unspecified atom stereocenters. The van der Waals surface area contributed by atoms with Gasteiger partial charge in [-0.05, 0) is 58.9 Å². The van der Waals surface area contributed by atoms with E-state index in [-0.39, 0.29) is 11.2 Å². The van der Waals surface area contributed by atoms with Gasteiger partial charge in [0, 0.05) is 6.04 Å². The molecule has 0 bridgehead atoms. The number of benzene rings is 1. The van der Waals surface area contributed by atoms with E-state index in [1.807, 2.05) is 19.2 Å². The average molecular weight is 302 g/mol. The fourth-order valence-corrected chi connectivity index (χ4v) is 2.44. The molecule has 0 saturated heterocycles. The molecule has 1 atom stereocenters. The molecule has 96 valence electrons. The Morgan fingerprint density at radius 3 is 2.47 bits per heavy atom. The second-order valence-electron chi connectivity index (χ2n) is 5.49. The van der Waals surface area contributed by atoms with E-state index in [1.165, 1.54) is 11.6 Å². The van der Waals surface area contributed by atoms with E-state index in [4.69, 9.17) is 0 Å². The van der Waals surface area contributed by atoms with Crippen LogP contribution in [0.1, 0.15) is 32.8 Å². The molecule has 1 N–H and O–H groups in total. The minimum absolute atomic E-state index is 0.199. The average Bonchev–Trinajstić information content (AvgIpc) is 2.22. The van der Waals surface area contributed by atoms with Gasteiger partial charge in [0.05, 0.1) is 4.47 Å². The van der Waals surface area contributed by atoms with Crippen LogP contribution in [-0.2, 0) is 6.42 Å². The SMILES string of the molecule is CNC(CCc1ccc(F)c(Br)c1)C(C)(C)C. The quantitative estimate of drug-likeness (QED) is 0.881. The third-order valence-corrected chi connectivity index (χ3v) is 3.71. The van der Waals surface area contributed by atoms with Crippen LogP contribution < -0.4 is 5.32 Å². The van der Waals surface area contributed by atoms with Gasteiger partial charge < -0.3 is 5.32 Å². The molecule has 1 nitrogen and oxygen atoms in total. The van der Waals surface area contributed by atoms with Crippen LogP contribution in [0.4, 0.5) is 4.39 Å². The summed E-state index contributed by atoms with van der Waals surface area (Å²) in [6, 6.07) is 5.71. The van der Waals surface area contributed by atoms with Crippen LogP contribution in [0.5, 0.6) is 0 Å². The highest BCUT2D eigenvalue weighted by atomic mass is 79.9. The van der Waals surface area contributed by atoms with Crippen LogP contribution in [0.15, 0.2) is 22.7 Å². The van der Waals surface area contributed by atoms with Crippen molar-refractivity contribution in [3.8, 4) is 0 Å². The van der Waals surface area contributed by atoms with Gasteiger partial charge in [0.15, 0.2) is 0 Å². The van der Waals surface area contributed by atoms with Gasteiger partial charge in [0.25, 0.3) is 0 Å². The number of hydrogen-bond acceptors (Lipinski definition) is 1. The molecular weight excluding hydrogens is 281 g/mol. The fourth-order valence-electron chi connectivity index (χ4n) is 2.02. The maximum absolute atomic E-state index is 13.1. The van der Waals surface area contributed by atoms with Crippen molar-refractivity contribution in [3.05, 3.63) is 34.1 Å². The van der Waals surface area contributed by atoms with Gasteiger partial charge in [-0.25, -0.2) is 4.39 Å². The Kier molecular flexibility index (Phi) is 5.14. The van der Waals surface area contributed by atoms with Crippen molar-refractivity contribution in [2.45, 2.75) is 39.7 Å². The number of aryl methyl sites for hydroxylation is 1. The first-order valence-electron chi connectivity index (χ1n) is 5.96. The molecule has 0 spiro atoms. The molecule has 0 aliphatic heterocycles. The van der Waals surface area contributed by atoms with E-state index in [9.17, 15) is 4.39 Å². The van der Waals surface area contributed by atoms with Crippen molar-refractivity contribution >= 4 is 15.9 Å². The standard InChI is InChI=1S/C14H21BrFN/c1-14(2,3)13(17-4)8-6-10-5-7-12(16)11(15)9-10/h5,7,9,13,17H,6,8H2,1-4H3. The Morgan fingerprint density at radius 1 is 1.35 bits per heavy atom. The molecule has 0 amide bonds. The summed E-state index contributed by atoms with van der Waals surface area (Å²) in [6.07, 6.45) is 2.01. The van der Waals surface area contributed by atoms with Gasteiger partial charge in [-0.3, -0.25) is 0 Å². The predicted octanol–water partition coefficient (Wildman–Crippen LogP) is 4.15. The Balaban J connectivity index is 2.63. The molecule has 0 aliphatic carbocycles. The summed E-state index contributed by atoms with van der Waals surface area (Å²) in [6.45, 7) is 6.69. The van der Waals surface area contributed by atoms with Gasteiger partial charge in [-0.1, -0.05) is 26.8 Å². The van der Waals surface area contributed by atoms with E-state index in [1.54, 1.807) is 0 Å². The summed E-state index contributed by atoms with van der Waals surface area (Å²) in [4.78, 5) is 0. The summed E-state index contributed by atoms with van der Waals surface area (Å²) < 4.78 is 13.6. The van der Waals surface area contributed by atoms with Crippen molar-refractivity contribution in [2.75, 3.05) is 7.05 Å². The Labute approximate surface area is 112 Å². The van der Waals surface area contributed by atoms with Crippen LogP contribution in [0.2, 0.25) is 0 Å². The van der Waals surface area contributed by atoms with Gasteiger partial charge >= 0.3 is 0 Å². The molecule has 3 heteroatoms. The maximum atomic E-state index is 13.1. The van der Waals surface area contributed by atoms with E-state index in [0.29, 0.717) is 10.5 Å². The third-order valence-electron chi connectivity index (χ3n) is 3.10. The van der Waals surface area contributed by atoms with E-state index >= 15 is 0 Å². The van der Waals surface area contributed by atoms with Crippen molar-refractivity contribution in [2.24, 2.45) is 5.41 Å². The molecule has 1 aromatic rings. The zero-order valence-corrected chi connectivity index (χ0v) is 12.6. The molecular formula is C14H21BrFN. The summed E-state index contributed by atoms with van der Waals surface area (Å²) in [5.74, 6) is -0.199. The lowest BCUT2D eigenvalue weighted by Gasteiger charge is -2.30. The molecule has 17 heavy (non-hydrogen) atoms. The normalized spacial score (nSPS) is 13.8. The van der Waals surface area contributed by atoms with Crippen LogP contribution in [-0.4, -0.2) is 13.1 Å². The van der Waals surface area contributed by atoms with Crippen molar-refractivity contribution in [3.63, 3.8) is 0 Å². The fraction of sp³-hybridized carbons (Fsp3) is 0.571. The van der Waals surface area contributed by atoms with E-state index < -0.39 is 0 Å². The van der Waals surface area contributed by atoms with Crippen molar-refractivity contribution in [1.82, 2.24) is 5.32 Å². The number of halogens is 2. The summed E-state index contributed by atoms with van der Waals surface area (Å²) in [7, 11) is 2.00. The first-order chi connectivity index (χ1) is 7.84.